The van der Waals surface area contributed by atoms with Gasteiger partial charge in [-0.05, 0) is 40.5 Å². The molecule has 0 atom stereocenters. The van der Waals surface area contributed by atoms with Gasteiger partial charge in [-0.1, -0.05) is 6.07 Å². The molecule has 1 aromatic carbocycles. The molecule has 0 saturated heterocycles. The van der Waals surface area contributed by atoms with E-state index in [9.17, 15) is 18.0 Å². The van der Waals surface area contributed by atoms with Crippen molar-refractivity contribution in [3.05, 3.63) is 46.2 Å². The number of benzene rings is 1. The first kappa shape index (κ1) is 19.9. The van der Waals surface area contributed by atoms with Crippen LogP contribution in [0.3, 0.4) is 0 Å². The van der Waals surface area contributed by atoms with E-state index in [2.05, 4.69) is 40.7 Å². The van der Waals surface area contributed by atoms with Crippen LogP contribution < -0.4 is 0 Å². The van der Waals surface area contributed by atoms with Crippen LogP contribution in [-0.2, 0) is 11.3 Å². The Labute approximate surface area is 165 Å². The summed E-state index contributed by atoms with van der Waals surface area (Å²) in [6.45, 7) is 0.322. The first-order valence-electron chi connectivity index (χ1n) is 7.87. The van der Waals surface area contributed by atoms with Crippen LogP contribution in [0.15, 0.2) is 35.1 Å². The molecule has 2 heterocycles. The predicted octanol–water partition coefficient (Wildman–Crippen LogP) is 3.82. The fourth-order valence-electron chi connectivity index (χ4n) is 2.50. The number of alkyl halides is 3. The van der Waals surface area contributed by atoms with Crippen molar-refractivity contribution in [2.45, 2.75) is 19.6 Å². The van der Waals surface area contributed by atoms with E-state index in [0.29, 0.717) is 21.2 Å². The van der Waals surface area contributed by atoms with Crippen molar-refractivity contribution in [2.75, 3.05) is 7.11 Å². The van der Waals surface area contributed by atoms with Crippen molar-refractivity contribution in [2.24, 2.45) is 0 Å². The molecule has 3 aromatic rings. The van der Waals surface area contributed by atoms with E-state index >= 15 is 0 Å². The third kappa shape index (κ3) is 4.35. The third-order valence-electron chi connectivity index (χ3n) is 3.71. The summed E-state index contributed by atoms with van der Waals surface area (Å²) in [5, 5.41) is 3.93. The van der Waals surface area contributed by atoms with Crippen molar-refractivity contribution in [3.8, 4) is 23.0 Å². The highest BCUT2D eigenvalue weighted by Gasteiger charge is 2.31. The Morgan fingerprint density at radius 3 is 2.46 bits per heavy atom. The van der Waals surface area contributed by atoms with Crippen molar-refractivity contribution in [1.29, 1.82) is 0 Å². The summed E-state index contributed by atoms with van der Waals surface area (Å²) < 4.78 is 45.1. The largest absolute Gasteiger partial charge is 0.465 e. The van der Waals surface area contributed by atoms with Crippen LogP contribution in [0.2, 0.25) is 0 Å². The number of carbonyl (C=O) groups is 1. The fourth-order valence-corrected chi connectivity index (χ4v) is 2.70. The summed E-state index contributed by atoms with van der Waals surface area (Å²) >= 11 is 3.19. The lowest BCUT2D eigenvalue weighted by atomic mass is 10.0. The van der Waals surface area contributed by atoms with E-state index in [1.807, 2.05) is 0 Å². The third-order valence-corrected chi connectivity index (χ3v) is 4.12. The van der Waals surface area contributed by atoms with E-state index in [1.54, 1.807) is 13.0 Å². The molecule has 2 aromatic heterocycles. The molecule has 0 bridgehead atoms. The van der Waals surface area contributed by atoms with E-state index in [-0.39, 0.29) is 17.5 Å². The van der Waals surface area contributed by atoms with Crippen LogP contribution in [0, 0.1) is 6.92 Å². The van der Waals surface area contributed by atoms with Crippen molar-refractivity contribution < 1.29 is 22.7 Å². The molecule has 0 unspecified atom stereocenters. The molecule has 11 heteroatoms. The van der Waals surface area contributed by atoms with Gasteiger partial charge in [0.25, 0.3) is 0 Å². The van der Waals surface area contributed by atoms with Crippen molar-refractivity contribution in [1.82, 2.24) is 24.7 Å². The number of methoxy groups -OCH3 is 1. The molecular formula is C17H13BrF3N5O2. The Balaban J connectivity index is 2.09. The number of aryl methyl sites for hydroxylation is 1. The van der Waals surface area contributed by atoms with E-state index in [1.165, 1.54) is 31.6 Å². The van der Waals surface area contributed by atoms with E-state index < -0.39 is 18.7 Å². The Bertz CT molecular complexity index is 1020. The Kier molecular flexibility index (Phi) is 5.45. The molecule has 0 radical (unpaired) electrons. The summed E-state index contributed by atoms with van der Waals surface area (Å²) in [5.41, 5.74) is 1.21. The van der Waals surface area contributed by atoms with Gasteiger partial charge < -0.3 is 4.74 Å². The number of rotatable bonds is 4. The zero-order valence-electron chi connectivity index (χ0n) is 14.7. The zero-order valence-corrected chi connectivity index (χ0v) is 16.2. The molecule has 0 fully saturated rings. The Morgan fingerprint density at radius 1 is 1.21 bits per heavy atom. The number of ether oxygens (including phenoxy) is 1. The predicted molar refractivity (Wildman–Crippen MR) is 96.3 cm³/mol. The highest BCUT2D eigenvalue weighted by molar-refractivity contribution is 9.10. The molecule has 28 heavy (non-hydrogen) atoms. The molecular weight excluding hydrogens is 443 g/mol. The van der Waals surface area contributed by atoms with Crippen LogP contribution in [0.5, 0.6) is 0 Å². The minimum Gasteiger partial charge on any atom is -0.465 e. The highest BCUT2D eigenvalue weighted by Crippen LogP contribution is 2.27. The van der Waals surface area contributed by atoms with Gasteiger partial charge in [-0.2, -0.15) is 13.2 Å². The highest BCUT2D eigenvalue weighted by atomic mass is 79.9. The Morgan fingerprint density at radius 2 is 1.89 bits per heavy atom. The number of esters is 1. The second-order valence-corrected chi connectivity index (χ2v) is 6.69. The Hall–Kier alpha value is -2.82. The van der Waals surface area contributed by atoms with Gasteiger partial charge in [0.05, 0.1) is 17.1 Å². The smallest absolute Gasteiger partial charge is 0.408 e. The molecule has 3 rings (SSSR count). The minimum atomic E-state index is -4.50. The number of halogens is 4. The zero-order chi connectivity index (χ0) is 20.5. The molecule has 0 aliphatic heterocycles. The van der Waals surface area contributed by atoms with Crippen LogP contribution in [0.25, 0.3) is 23.0 Å². The maximum Gasteiger partial charge on any atom is 0.408 e. The molecule has 0 N–H and O–H groups in total. The number of nitrogens with zero attached hydrogens (tertiary/aromatic N) is 5. The maximum absolute atomic E-state index is 13.0. The molecule has 0 saturated carbocycles. The van der Waals surface area contributed by atoms with Gasteiger partial charge in [-0.25, -0.2) is 24.4 Å². The van der Waals surface area contributed by atoms with Crippen molar-refractivity contribution in [3.63, 3.8) is 0 Å². The van der Waals surface area contributed by atoms with E-state index in [4.69, 9.17) is 0 Å². The SMILES string of the molecule is COC(=O)c1ccc(-c2nc(-c3ncc(Br)cn3)nn2CC(F)(F)F)cc1C. The number of hydrogen-bond acceptors (Lipinski definition) is 6. The van der Waals surface area contributed by atoms with Gasteiger partial charge in [0.15, 0.2) is 11.6 Å². The average molecular weight is 456 g/mol. The van der Waals surface area contributed by atoms with Crippen LogP contribution in [0.1, 0.15) is 15.9 Å². The van der Waals surface area contributed by atoms with Gasteiger partial charge in [0.2, 0.25) is 5.82 Å². The first-order chi connectivity index (χ1) is 13.2. The normalized spacial score (nSPS) is 11.5. The summed E-state index contributed by atoms with van der Waals surface area (Å²) in [5.74, 6) is -0.502. The number of aromatic nitrogens is 5. The van der Waals surface area contributed by atoms with Crippen molar-refractivity contribution >= 4 is 21.9 Å². The van der Waals surface area contributed by atoms with Gasteiger partial charge in [0.1, 0.15) is 6.54 Å². The van der Waals surface area contributed by atoms with Crippen LogP contribution >= 0.6 is 15.9 Å². The summed E-state index contributed by atoms with van der Waals surface area (Å²) in [7, 11) is 1.25. The minimum absolute atomic E-state index is 0.0154. The van der Waals surface area contributed by atoms with Gasteiger partial charge in [-0.15, -0.1) is 5.10 Å². The molecule has 146 valence electrons. The summed E-state index contributed by atoms with van der Waals surface area (Å²) in [6.07, 6.45) is -1.61. The lowest BCUT2D eigenvalue weighted by molar-refractivity contribution is -0.142. The quantitative estimate of drug-likeness (QED) is 0.556. The first-order valence-corrected chi connectivity index (χ1v) is 8.66. The molecule has 0 aliphatic rings. The fraction of sp³-hybridized carbons (Fsp3) is 0.235. The van der Waals surface area contributed by atoms with Crippen LogP contribution in [-0.4, -0.2) is 44.0 Å². The van der Waals surface area contributed by atoms with Gasteiger partial charge >= 0.3 is 12.1 Å². The van der Waals surface area contributed by atoms with Crippen LogP contribution in [0.4, 0.5) is 13.2 Å². The second-order valence-electron chi connectivity index (χ2n) is 5.78. The maximum atomic E-state index is 13.0. The average Bonchev–Trinajstić information content (AvgIpc) is 3.03. The van der Waals surface area contributed by atoms with Gasteiger partial charge in [-0.3, -0.25) is 0 Å². The standard InChI is InChI=1S/C17H13BrF3N5O2/c1-9-5-10(3-4-12(9)16(27)28-2)15-24-14(13-22-6-11(18)7-23-13)25-26(15)8-17(19,20)21/h3-7H,8H2,1-2H3. The summed E-state index contributed by atoms with van der Waals surface area (Å²) in [4.78, 5) is 24.0. The number of carbonyl (C=O) groups excluding carboxylic acids is 1. The molecule has 7 nitrogen and oxygen atoms in total. The summed E-state index contributed by atoms with van der Waals surface area (Å²) in [6, 6.07) is 4.51. The molecule has 0 spiro atoms. The lowest BCUT2D eigenvalue weighted by Crippen LogP contribution is -2.19. The van der Waals surface area contributed by atoms with E-state index in [0.717, 1.165) is 4.68 Å². The second kappa shape index (κ2) is 7.66. The monoisotopic (exact) mass is 455 g/mol. The number of hydrogen-bond donors (Lipinski definition) is 0. The molecule has 0 amide bonds. The topological polar surface area (TPSA) is 82.8 Å². The lowest BCUT2D eigenvalue weighted by Gasteiger charge is -2.10. The molecule has 0 aliphatic carbocycles. The van der Waals surface area contributed by atoms with Gasteiger partial charge in [0, 0.05) is 18.0 Å².